The van der Waals surface area contributed by atoms with E-state index in [1.165, 1.54) is 24.3 Å². The molecule has 0 N–H and O–H groups in total. The van der Waals surface area contributed by atoms with Crippen LogP contribution in [0.5, 0.6) is 0 Å². The van der Waals surface area contributed by atoms with Gasteiger partial charge in [-0.05, 0) is 37.1 Å². The SMILES string of the molecule is CN(N=Nc1ccc([N+](=O)[O-])cc1)C1CCCCC1N(C)N=Nc1ccc([N+](=O)[O-])cc1. The second-order valence-corrected chi connectivity index (χ2v) is 7.49. The van der Waals surface area contributed by atoms with Crippen molar-refractivity contribution in [2.24, 2.45) is 20.7 Å². The summed E-state index contributed by atoms with van der Waals surface area (Å²) in [7, 11) is 3.69. The molecule has 0 bridgehead atoms. The summed E-state index contributed by atoms with van der Waals surface area (Å²) in [4.78, 5) is 20.6. The molecular formula is C20H24N8O4. The van der Waals surface area contributed by atoms with E-state index < -0.39 is 9.85 Å². The third-order valence-corrected chi connectivity index (χ3v) is 5.38. The van der Waals surface area contributed by atoms with Crippen LogP contribution in [-0.4, -0.2) is 46.0 Å². The first-order valence-electron chi connectivity index (χ1n) is 10.1. The van der Waals surface area contributed by atoms with E-state index >= 15 is 0 Å². The van der Waals surface area contributed by atoms with Gasteiger partial charge in [0.15, 0.2) is 0 Å². The summed E-state index contributed by atoms with van der Waals surface area (Å²) in [5, 5.41) is 42.1. The van der Waals surface area contributed by atoms with Gasteiger partial charge in [0.2, 0.25) is 0 Å². The van der Waals surface area contributed by atoms with Gasteiger partial charge in [0.1, 0.15) is 0 Å². The fourth-order valence-corrected chi connectivity index (χ4v) is 3.62. The summed E-state index contributed by atoms with van der Waals surface area (Å²) in [6.07, 6.45) is 3.95. The van der Waals surface area contributed by atoms with Gasteiger partial charge in [-0.1, -0.05) is 23.3 Å². The van der Waals surface area contributed by atoms with Crippen LogP contribution in [0.2, 0.25) is 0 Å². The Balaban J connectivity index is 1.65. The van der Waals surface area contributed by atoms with Crippen LogP contribution in [0, 0.1) is 20.2 Å². The second kappa shape index (κ2) is 10.4. The van der Waals surface area contributed by atoms with Crippen molar-refractivity contribution in [2.45, 2.75) is 37.8 Å². The molecule has 168 valence electrons. The van der Waals surface area contributed by atoms with E-state index in [-0.39, 0.29) is 23.5 Å². The fraction of sp³-hybridized carbons (Fsp3) is 0.400. The molecule has 1 saturated carbocycles. The predicted molar refractivity (Wildman–Crippen MR) is 117 cm³/mol. The van der Waals surface area contributed by atoms with Gasteiger partial charge in [-0.2, -0.15) is 0 Å². The lowest BCUT2D eigenvalue weighted by Gasteiger charge is -2.38. The highest BCUT2D eigenvalue weighted by Gasteiger charge is 2.31. The summed E-state index contributed by atoms with van der Waals surface area (Å²) in [6, 6.07) is 11.9. The van der Waals surface area contributed by atoms with E-state index in [0.717, 1.165) is 25.7 Å². The molecule has 2 atom stereocenters. The highest BCUT2D eigenvalue weighted by molar-refractivity contribution is 5.44. The highest BCUT2D eigenvalue weighted by Crippen LogP contribution is 2.28. The van der Waals surface area contributed by atoms with Gasteiger partial charge < -0.3 is 0 Å². The van der Waals surface area contributed by atoms with Crippen LogP contribution in [0.15, 0.2) is 69.2 Å². The third-order valence-electron chi connectivity index (χ3n) is 5.38. The molecule has 0 radical (unpaired) electrons. The topological polar surface area (TPSA) is 142 Å². The number of benzene rings is 2. The molecule has 0 spiro atoms. The predicted octanol–water partition coefficient (Wildman–Crippen LogP) is 5.38. The number of non-ortho nitro benzene ring substituents is 2. The molecule has 32 heavy (non-hydrogen) atoms. The Morgan fingerprint density at radius 2 is 1.06 bits per heavy atom. The van der Waals surface area contributed by atoms with Crippen molar-refractivity contribution < 1.29 is 9.85 Å². The molecule has 0 saturated heterocycles. The van der Waals surface area contributed by atoms with Gasteiger partial charge in [0, 0.05) is 38.4 Å². The summed E-state index contributed by atoms with van der Waals surface area (Å²) >= 11 is 0. The van der Waals surface area contributed by atoms with Crippen molar-refractivity contribution >= 4 is 22.7 Å². The van der Waals surface area contributed by atoms with Crippen LogP contribution in [0.1, 0.15) is 25.7 Å². The van der Waals surface area contributed by atoms with Crippen LogP contribution in [0.3, 0.4) is 0 Å². The number of rotatable bonds is 8. The standard InChI is InChI=1S/C20H24N8O4/c1-25(23-21-15-7-11-17(12-8-15)27(29)30)19-5-3-4-6-20(19)26(2)24-22-16-9-13-18(14-10-16)28(31)32/h7-14,19-20H,3-6H2,1-2H3. The molecule has 2 aromatic rings. The van der Waals surface area contributed by atoms with Gasteiger partial charge in [0.25, 0.3) is 11.4 Å². The number of nitro benzene ring substituents is 2. The zero-order chi connectivity index (χ0) is 23.1. The Morgan fingerprint density at radius 3 is 1.38 bits per heavy atom. The van der Waals surface area contributed by atoms with E-state index in [1.54, 1.807) is 34.3 Å². The van der Waals surface area contributed by atoms with Crippen LogP contribution < -0.4 is 0 Å². The first kappa shape index (κ1) is 22.7. The summed E-state index contributed by atoms with van der Waals surface area (Å²) in [6.45, 7) is 0. The van der Waals surface area contributed by atoms with Crippen molar-refractivity contribution in [3.05, 3.63) is 68.8 Å². The Hall–Kier alpha value is -3.96. The van der Waals surface area contributed by atoms with Crippen molar-refractivity contribution in [3.63, 3.8) is 0 Å². The quantitative estimate of drug-likeness (QED) is 0.306. The Morgan fingerprint density at radius 1 is 0.719 bits per heavy atom. The molecule has 2 aromatic carbocycles. The monoisotopic (exact) mass is 440 g/mol. The number of hydrogen-bond acceptors (Lipinski definition) is 8. The molecule has 1 aliphatic carbocycles. The minimum atomic E-state index is -0.458. The third kappa shape index (κ3) is 5.80. The number of hydrogen-bond donors (Lipinski definition) is 0. The molecular weight excluding hydrogens is 416 g/mol. The molecule has 2 unspecified atom stereocenters. The molecule has 12 heteroatoms. The van der Waals surface area contributed by atoms with Crippen LogP contribution in [-0.2, 0) is 0 Å². The Bertz CT molecular complexity index is 912. The normalized spacial score (nSPS) is 18.7. The lowest BCUT2D eigenvalue weighted by Crippen LogP contribution is -2.47. The average Bonchev–Trinajstić information content (AvgIpc) is 2.81. The maximum Gasteiger partial charge on any atom is 0.269 e. The molecule has 0 heterocycles. The molecule has 0 aliphatic heterocycles. The zero-order valence-electron chi connectivity index (χ0n) is 17.8. The maximum absolute atomic E-state index is 10.8. The maximum atomic E-state index is 10.8. The number of nitrogens with zero attached hydrogens (tertiary/aromatic N) is 8. The van der Waals surface area contributed by atoms with Gasteiger partial charge in [0.05, 0.1) is 33.3 Å². The van der Waals surface area contributed by atoms with Crippen molar-refractivity contribution in [3.8, 4) is 0 Å². The molecule has 12 nitrogen and oxygen atoms in total. The number of likely N-dealkylation sites (N-methyl/N-ethyl adjacent to an activating group) is 2. The van der Waals surface area contributed by atoms with E-state index in [9.17, 15) is 20.2 Å². The van der Waals surface area contributed by atoms with Gasteiger partial charge in [-0.3, -0.25) is 30.2 Å². The van der Waals surface area contributed by atoms with E-state index in [0.29, 0.717) is 11.4 Å². The van der Waals surface area contributed by atoms with Crippen molar-refractivity contribution in [1.29, 1.82) is 0 Å². The zero-order valence-corrected chi connectivity index (χ0v) is 17.8. The molecule has 0 amide bonds. The molecule has 0 aromatic heterocycles. The van der Waals surface area contributed by atoms with E-state index in [4.69, 9.17) is 0 Å². The Kier molecular flexibility index (Phi) is 7.37. The van der Waals surface area contributed by atoms with Gasteiger partial charge in [-0.25, -0.2) is 0 Å². The summed E-state index contributed by atoms with van der Waals surface area (Å²) in [5.74, 6) is 0. The first-order valence-corrected chi connectivity index (χ1v) is 10.1. The highest BCUT2D eigenvalue weighted by atomic mass is 16.6. The van der Waals surface area contributed by atoms with Crippen molar-refractivity contribution in [1.82, 2.24) is 10.0 Å². The van der Waals surface area contributed by atoms with Gasteiger partial charge in [-0.15, -0.1) is 10.2 Å². The van der Waals surface area contributed by atoms with Crippen LogP contribution >= 0.6 is 0 Å². The van der Waals surface area contributed by atoms with Crippen molar-refractivity contribution in [2.75, 3.05) is 14.1 Å². The lowest BCUT2D eigenvalue weighted by molar-refractivity contribution is -0.385. The van der Waals surface area contributed by atoms with E-state index in [2.05, 4.69) is 20.7 Å². The summed E-state index contributed by atoms with van der Waals surface area (Å²) in [5.41, 5.74) is 1.07. The molecule has 1 fully saturated rings. The second-order valence-electron chi connectivity index (χ2n) is 7.49. The minimum Gasteiger partial charge on any atom is -0.276 e. The van der Waals surface area contributed by atoms with E-state index in [1.807, 2.05) is 14.1 Å². The smallest absolute Gasteiger partial charge is 0.269 e. The molecule has 1 aliphatic rings. The Labute approximate surface area is 184 Å². The fourth-order valence-electron chi connectivity index (χ4n) is 3.62. The largest absolute Gasteiger partial charge is 0.276 e. The average molecular weight is 440 g/mol. The summed E-state index contributed by atoms with van der Waals surface area (Å²) < 4.78 is 0. The van der Waals surface area contributed by atoms with Crippen LogP contribution in [0.25, 0.3) is 0 Å². The van der Waals surface area contributed by atoms with Crippen LogP contribution in [0.4, 0.5) is 22.7 Å². The van der Waals surface area contributed by atoms with Gasteiger partial charge >= 0.3 is 0 Å². The minimum absolute atomic E-state index is 0.00431. The molecule has 3 rings (SSSR count). The number of nitro groups is 2. The lowest BCUT2D eigenvalue weighted by atomic mass is 9.90. The first-order chi connectivity index (χ1) is 15.3.